The Labute approximate surface area is 173 Å². The number of aromatic nitrogens is 4. The highest BCUT2D eigenvalue weighted by molar-refractivity contribution is 6.07. The van der Waals surface area contributed by atoms with Crippen LogP contribution >= 0.6 is 0 Å². The number of hydrogen-bond donors (Lipinski definition) is 2. The third-order valence-corrected chi connectivity index (χ3v) is 4.41. The number of nitrogens with one attached hydrogen (secondary N) is 2. The zero-order chi connectivity index (χ0) is 20.8. The number of carbonyl (C=O) groups is 1. The summed E-state index contributed by atoms with van der Waals surface area (Å²) >= 11 is 0. The summed E-state index contributed by atoms with van der Waals surface area (Å²) in [4.78, 5) is 21.6. The molecule has 0 saturated carbocycles. The summed E-state index contributed by atoms with van der Waals surface area (Å²) in [5.74, 6) is 1.35. The smallest absolute Gasteiger partial charge is 0.260 e. The summed E-state index contributed by atoms with van der Waals surface area (Å²) in [5.41, 5.74) is 1.96. The first-order chi connectivity index (χ1) is 14.7. The predicted octanol–water partition coefficient (Wildman–Crippen LogP) is 3.73. The molecule has 4 aromatic rings. The number of para-hydroxylation sites is 2. The van der Waals surface area contributed by atoms with Crippen molar-refractivity contribution < 1.29 is 9.53 Å². The summed E-state index contributed by atoms with van der Waals surface area (Å²) in [5, 5.41) is 10.4. The Morgan fingerprint density at radius 3 is 2.63 bits per heavy atom. The molecule has 3 aromatic heterocycles. The van der Waals surface area contributed by atoms with Crippen LogP contribution in [0.4, 0.5) is 17.3 Å². The van der Waals surface area contributed by atoms with Crippen molar-refractivity contribution in [2.75, 3.05) is 17.7 Å². The van der Waals surface area contributed by atoms with E-state index in [1.807, 2.05) is 42.5 Å². The minimum Gasteiger partial charge on any atom is -0.495 e. The van der Waals surface area contributed by atoms with E-state index in [9.17, 15) is 4.79 Å². The Morgan fingerprint density at radius 1 is 0.967 bits per heavy atom. The zero-order valence-electron chi connectivity index (χ0n) is 16.3. The van der Waals surface area contributed by atoms with Crippen molar-refractivity contribution in [1.29, 1.82) is 0 Å². The first-order valence-electron chi connectivity index (χ1n) is 9.33. The Morgan fingerprint density at radius 2 is 1.80 bits per heavy atom. The molecule has 8 nitrogen and oxygen atoms in total. The molecule has 1 aromatic carbocycles. The highest BCUT2D eigenvalue weighted by atomic mass is 16.5. The van der Waals surface area contributed by atoms with Gasteiger partial charge in [0.15, 0.2) is 0 Å². The van der Waals surface area contributed by atoms with Crippen molar-refractivity contribution in [3.05, 3.63) is 90.5 Å². The van der Waals surface area contributed by atoms with Crippen LogP contribution in [-0.4, -0.2) is 32.8 Å². The minimum absolute atomic E-state index is 0.303. The molecule has 0 aliphatic heterocycles. The van der Waals surface area contributed by atoms with E-state index in [1.165, 1.54) is 0 Å². The number of pyridine rings is 2. The van der Waals surface area contributed by atoms with E-state index < -0.39 is 0 Å². The van der Waals surface area contributed by atoms with Crippen molar-refractivity contribution in [1.82, 2.24) is 19.7 Å². The van der Waals surface area contributed by atoms with Crippen LogP contribution in [0.3, 0.4) is 0 Å². The molecule has 4 rings (SSSR count). The summed E-state index contributed by atoms with van der Waals surface area (Å²) < 4.78 is 7.05. The Kier molecular flexibility index (Phi) is 5.66. The van der Waals surface area contributed by atoms with E-state index in [2.05, 4.69) is 25.7 Å². The van der Waals surface area contributed by atoms with Crippen molar-refractivity contribution in [2.45, 2.75) is 6.54 Å². The van der Waals surface area contributed by atoms with Gasteiger partial charge in [-0.25, -0.2) is 9.67 Å². The van der Waals surface area contributed by atoms with Crippen LogP contribution in [0.25, 0.3) is 0 Å². The van der Waals surface area contributed by atoms with Gasteiger partial charge in [-0.05, 0) is 36.4 Å². The second-order valence-electron chi connectivity index (χ2n) is 6.37. The molecular weight excluding hydrogens is 380 g/mol. The van der Waals surface area contributed by atoms with Gasteiger partial charge in [0.05, 0.1) is 36.8 Å². The average molecular weight is 400 g/mol. The quantitative estimate of drug-likeness (QED) is 0.491. The van der Waals surface area contributed by atoms with Crippen molar-refractivity contribution in [2.24, 2.45) is 0 Å². The number of rotatable bonds is 7. The van der Waals surface area contributed by atoms with Gasteiger partial charge in [-0.1, -0.05) is 18.2 Å². The van der Waals surface area contributed by atoms with E-state index in [-0.39, 0.29) is 5.91 Å². The molecule has 0 spiro atoms. The Bertz CT molecular complexity index is 1140. The fourth-order valence-corrected chi connectivity index (χ4v) is 2.96. The van der Waals surface area contributed by atoms with Crippen LogP contribution in [0.2, 0.25) is 0 Å². The van der Waals surface area contributed by atoms with E-state index in [4.69, 9.17) is 4.74 Å². The van der Waals surface area contributed by atoms with Crippen LogP contribution < -0.4 is 15.4 Å². The van der Waals surface area contributed by atoms with Gasteiger partial charge in [0, 0.05) is 18.5 Å². The molecule has 8 heteroatoms. The molecule has 0 aliphatic rings. The predicted molar refractivity (Wildman–Crippen MR) is 114 cm³/mol. The van der Waals surface area contributed by atoms with Gasteiger partial charge in [0.2, 0.25) is 0 Å². The number of benzene rings is 1. The van der Waals surface area contributed by atoms with E-state index in [1.54, 1.807) is 48.6 Å². The lowest BCUT2D eigenvalue weighted by Crippen LogP contribution is -2.18. The minimum atomic E-state index is -0.303. The molecular formula is C22H20N6O2. The molecule has 0 atom stereocenters. The van der Waals surface area contributed by atoms with Crippen molar-refractivity contribution in [3.8, 4) is 5.75 Å². The van der Waals surface area contributed by atoms with Crippen molar-refractivity contribution >= 4 is 23.2 Å². The largest absolute Gasteiger partial charge is 0.495 e. The van der Waals surface area contributed by atoms with Crippen LogP contribution in [0.5, 0.6) is 5.75 Å². The molecule has 150 valence electrons. The SMILES string of the molecule is COc1ccccc1Nc1ncccc1C(=O)Nc1ccnn1Cc1ccccn1. The highest BCUT2D eigenvalue weighted by Gasteiger charge is 2.16. The third kappa shape index (κ3) is 4.27. The third-order valence-electron chi connectivity index (χ3n) is 4.41. The van der Waals surface area contributed by atoms with Gasteiger partial charge >= 0.3 is 0 Å². The number of methoxy groups -OCH3 is 1. The van der Waals surface area contributed by atoms with Gasteiger partial charge in [0.1, 0.15) is 17.4 Å². The molecule has 0 bridgehead atoms. The van der Waals surface area contributed by atoms with E-state index in [0.717, 1.165) is 5.69 Å². The maximum absolute atomic E-state index is 13.0. The molecule has 3 heterocycles. The summed E-state index contributed by atoms with van der Waals surface area (Å²) in [6.07, 6.45) is 4.98. The second kappa shape index (κ2) is 8.87. The topological polar surface area (TPSA) is 94.0 Å². The normalized spacial score (nSPS) is 10.4. The number of carbonyl (C=O) groups excluding carboxylic acids is 1. The molecule has 2 N–H and O–H groups in total. The molecule has 30 heavy (non-hydrogen) atoms. The van der Waals surface area contributed by atoms with Crippen LogP contribution in [0, 0.1) is 0 Å². The first kappa shape index (κ1) is 19.1. The number of anilines is 3. The average Bonchev–Trinajstić information content (AvgIpc) is 3.21. The maximum atomic E-state index is 13.0. The summed E-state index contributed by atoms with van der Waals surface area (Å²) in [6.45, 7) is 0.447. The van der Waals surface area contributed by atoms with Gasteiger partial charge in [-0.2, -0.15) is 5.10 Å². The lowest BCUT2D eigenvalue weighted by Gasteiger charge is -2.14. The summed E-state index contributed by atoms with van der Waals surface area (Å²) in [6, 6.07) is 18.3. The lowest BCUT2D eigenvalue weighted by atomic mass is 10.2. The van der Waals surface area contributed by atoms with Crippen LogP contribution in [0.15, 0.2) is 79.3 Å². The van der Waals surface area contributed by atoms with Gasteiger partial charge < -0.3 is 15.4 Å². The molecule has 0 radical (unpaired) electrons. The number of ether oxygens (including phenoxy) is 1. The number of hydrogen-bond acceptors (Lipinski definition) is 6. The summed E-state index contributed by atoms with van der Waals surface area (Å²) in [7, 11) is 1.59. The van der Waals surface area contributed by atoms with E-state index in [0.29, 0.717) is 35.2 Å². The molecule has 0 fully saturated rings. The van der Waals surface area contributed by atoms with Gasteiger partial charge in [-0.15, -0.1) is 0 Å². The Balaban J connectivity index is 1.55. The first-order valence-corrected chi connectivity index (χ1v) is 9.33. The highest BCUT2D eigenvalue weighted by Crippen LogP contribution is 2.27. The van der Waals surface area contributed by atoms with E-state index >= 15 is 0 Å². The van der Waals surface area contributed by atoms with Gasteiger partial charge in [0.25, 0.3) is 5.91 Å². The maximum Gasteiger partial charge on any atom is 0.260 e. The molecule has 0 unspecified atom stereocenters. The fourth-order valence-electron chi connectivity index (χ4n) is 2.96. The zero-order valence-corrected chi connectivity index (χ0v) is 16.3. The second-order valence-corrected chi connectivity index (χ2v) is 6.37. The molecule has 0 saturated heterocycles. The monoisotopic (exact) mass is 400 g/mol. The number of amides is 1. The van der Waals surface area contributed by atoms with Crippen LogP contribution in [0.1, 0.15) is 16.1 Å². The molecule has 1 amide bonds. The lowest BCUT2D eigenvalue weighted by molar-refractivity contribution is 0.102. The van der Waals surface area contributed by atoms with Gasteiger partial charge in [-0.3, -0.25) is 9.78 Å². The molecule has 0 aliphatic carbocycles. The fraction of sp³-hybridized carbons (Fsp3) is 0.0909. The van der Waals surface area contributed by atoms with Crippen molar-refractivity contribution in [3.63, 3.8) is 0 Å². The van der Waals surface area contributed by atoms with Crippen LogP contribution in [-0.2, 0) is 6.54 Å². The Hall–Kier alpha value is -4.20. The standard InChI is InChI=1S/C22H20N6O2/c1-30-19-10-3-2-9-18(19)26-21-17(8-6-13-24-21)22(29)27-20-11-14-25-28(20)15-16-7-4-5-12-23-16/h2-14H,15H2,1H3,(H,24,26)(H,27,29). The number of nitrogens with zero attached hydrogens (tertiary/aromatic N) is 4.